The molecule has 12 aromatic heterocycles. The van der Waals surface area contributed by atoms with Crippen molar-refractivity contribution in [3.05, 3.63) is 165 Å². The second-order valence-corrected chi connectivity index (χ2v) is 30.9. The molecule has 0 fully saturated rings. The summed E-state index contributed by atoms with van der Waals surface area (Å²) in [5.74, 6) is 3.05. The highest BCUT2D eigenvalue weighted by atomic mass is 35.5. The van der Waals surface area contributed by atoms with Gasteiger partial charge in [-0.3, -0.25) is 27.9 Å². The number of hydrogen-bond acceptors (Lipinski definition) is 20. The number of nitrogen functional groups attached to an aromatic ring is 4. The number of nitrogens with one attached hydrogen (secondary N) is 6. The minimum atomic E-state index is -0.502. The number of halogens is 2. The molecule has 0 atom stereocenters. The summed E-state index contributed by atoms with van der Waals surface area (Å²) < 4.78 is 19.4. The van der Waals surface area contributed by atoms with Crippen molar-refractivity contribution in [2.24, 2.45) is 0 Å². The highest BCUT2D eigenvalue weighted by Crippen LogP contribution is 2.50. The lowest BCUT2D eigenvalue weighted by molar-refractivity contribution is 0.0600. The average Bonchev–Trinajstić information content (AvgIpc) is 1.59. The number of terminal acetylenes is 1. The number of nitrogens with two attached hydrogens (primary N) is 4. The lowest BCUT2D eigenvalue weighted by Gasteiger charge is -2.14. The molecule has 16 heterocycles. The number of hydrogen-bond donors (Lipinski definition) is 10. The summed E-state index contributed by atoms with van der Waals surface area (Å²) in [4.78, 5) is 123. The van der Waals surface area contributed by atoms with Crippen molar-refractivity contribution in [2.75, 3.05) is 44.1 Å². The lowest BCUT2D eigenvalue weighted by Crippen LogP contribution is -2.27. The molecule has 0 saturated carbocycles. The van der Waals surface area contributed by atoms with Gasteiger partial charge >= 0.3 is 30.1 Å². The number of anilines is 4. The van der Waals surface area contributed by atoms with Crippen LogP contribution in [0.2, 0.25) is 10.0 Å². The van der Waals surface area contributed by atoms with E-state index in [-0.39, 0.29) is 73.2 Å². The number of esters is 1. The zero-order valence-electron chi connectivity index (χ0n) is 66.6. The van der Waals surface area contributed by atoms with Crippen LogP contribution in [0.25, 0.3) is 133 Å². The zero-order chi connectivity index (χ0) is 84.8. The topological polar surface area (TPSA) is 448 Å². The van der Waals surface area contributed by atoms with Crippen molar-refractivity contribution in [1.29, 1.82) is 0 Å². The van der Waals surface area contributed by atoms with Gasteiger partial charge in [0.2, 0.25) is 0 Å². The van der Waals surface area contributed by atoms with E-state index in [4.69, 9.17) is 57.3 Å². The molecule has 0 bridgehead atoms. The van der Waals surface area contributed by atoms with Crippen LogP contribution >= 0.6 is 23.2 Å². The molecular formula is C84H78Cl2N26O8. The molecule has 0 saturated heterocycles. The van der Waals surface area contributed by atoms with E-state index in [2.05, 4.69) is 115 Å². The Hall–Kier alpha value is -14.9. The van der Waals surface area contributed by atoms with Crippen LogP contribution in [-0.4, -0.2) is 140 Å². The molecule has 120 heavy (non-hydrogen) atoms. The fraction of sp³-hybridized carbons (Fsp3) is 0.226. The quantitative estimate of drug-likeness (QED) is 0.0523. The normalized spacial score (nSPS) is 13.3. The summed E-state index contributed by atoms with van der Waals surface area (Å²) in [6.45, 7) is 17.7. The number of rotatable bonds is 7. The third-order valence-corrected chi connectivity index (χ3v) is 22.9. The molecule has 0 aliphatic carbocycles. The smallest absolute Gasteiger partial charge is 0.337 e. The maximum Gasteiger partial charge on any atom is 0.337 e. The predicted octanol–water partition coefficient (Wildman–Crippen LogP) is 12.9. The van der Waals surface area contributed by atoms with Gasteiger partial charge < -0.3 is 77.8 Å². The SMILES string of the molecule is C#Cc1ccc2cc3n(c2c1)C(=O)NCc1c-3c2c(N)ncnc2n1C(C)C.CNC(=O)c1ccc2c(Cl)c3n(c2c1)C(=O)NCc1c-3c2c(N)ncnc2n1C(C)C.CNC(=O)c1ccc2cc3n(c2c1)C(=O)NCc1c-3c2c(N)ncnc2n1C(C)C.COC(=O)c1ccc2c(Cl)c3n(c2c1)C(=O)NCc1c-3c2c(N)ncnc2n1C(C)C. The van der Waals surface area contributed by atoms with E-state index in [9.17, 15) is 33.6 Å². The van der Waals surface area contributed by atoms with Crippen LogP contribution in [0.15, 0.2) is 110 Å². The average molecular weight is 1650 g/mol. The van der Waals surface area contributed by atoms with Gasteiger partial charge in [0.1, 0.15) is 71.2 Å². The van der Waals surface area contributed by atoms with Gasteiger partial charge in [-0.25, -0.2) is 63.8 Å². The number of methoxy groups -OCH3 is 1. The van der Waals surface area contributed by atoms with Crippen molar-refractivity contribution in [2.45, 2.75) is 106 Å². The third kappa shape index (κ3) is 11.9. The zero-order valence-corrected chi connectivity index (χ0v) is 68.1. The molecule has 16 aromatic rings. The molecule has 4 aliphatic heterocycles. The molecule has 36 heteroatoms. The Morgan fingerprint density at radius 3 is 1.11 bits per heavy atom. The Kier molecular flexibility index (Phi) is 19.0. The van der Waals surface area contributed by atoms with Gasteiger partial charge in [0.25, 0.3) is 11.8 Å². The van der Waals surface area contributed by atoms with Crippen molar-refractivity contribution >= 4 is 176 Å². The first kappa shape index (κ1) is 77.7. The van der Waals surface area contributed by atoms with Gasteiger partial charge in [-0.1, -0.05) is 53.4 Å². The van der Waals surface area contributed by atoms with E-state index < -0.39 is 5.97 Å². The van der Waals surface area contributed by atoms with Gasteiger partial charge in [-0.15, -0.1) is 6.42 Å². The van der Waals surface area contributed by atoms with Gasteiger partial charge in [0.15, 0.2) is 0 Å². The summed E-state index contributed by atoms with van der Waals surface area (Å²) in [5, 5.41) is 23.8. The van der Waals surface area contributed by atoms with Crippen LogP contribution in [0.5, 0.6) is 0 Å². The molecule has 4 aromatic carbocycles. The van der Waals surface area contributed by atoms with Crippen molar-refractivity contribution in [3.63, 3.8) is 0 Å². The molecular weight excluding hydrogens is 1570 g/mol. The molecule has 0 spiro atoms. The first-order chi connectivity index (χ1) is 57.6. The van der Waals surface area contributed by atoms with Crippen LogP contribution < -0.4 is 54.8 Å². The van der Waals surface area contributed by atoms with Crippen molar-refractivity contribution < 1.29 is 38.3 Å². The number of carbonyl (C=O) groups excluding carboxylic acids is 7. The van der Waals surface area contributed by atoms with E-state index in [1.807, 2.05) is 73.2 Å². The van der Waals surface area contributed by atoms with Crippen molar-refractivity contribution in [3.8, 4) is 57.4 Å². The summed E-state index contributed by atoms with van der Waals surface area (Å²) in [5.41, 5.74) is 41.6. The molecule has 606 valence electrons. The fourth-order valence-corrected chi connectivity index (χ4v) is 17.9. The van der Waals surface area contributed by atoms with Crippen LogP contribution in [-0.2, 0) is 30.9 Å². The Morgan fingerprint density at radius 1 is 0.433 bits per heavy atom. The molecule has 20 rings (SSSR count). The second-order valence-electron chi connectivity index (χ2n) is 30.1. The van der Waals surface area contributed by atoms with Gasteiger partial charge in [0.05, 0.1) is 115 Å². The van der Waals surface area contributed by atoms with Crippen LogP contribution in [0.3, 0.4) is 0 Å². The first-order valence-corrected chi connectivity index (χ1v) is 39.0. The Balaban J connectivity index is 0.000000114. The first-order valence-electron chi connectivity index (χ1n) is 38.3. The Morgan fingerprint density at radius 2 is 0.750 bits per heavy atom. The van der Waals surface area contributed by atoms with Gasteiger partial charge in [-0.05, 0) is 116 Å². The minimum absolute atomic E-state index is 0.0538. The largest absolute Gasteiger partial charge is 0.465 e. The highest BCUT2D eigenvalue weighted by Gasteiger charge is 2.38. The number of fused-ring (bicyclic) bond motifs is 28. The molecule has 0 radical (unpaired) electrons. The van der Waals surface area contributed by atoms with Crippen LogP contribution in [0.1, 0.15) is 139 Å². The maximum atomic E-state index is 13.2. The summed E-state index contributed by atoms with van der Waals surface area (Å²) >= 11 is 13.7. The fourth-order valence-electron chi connectivity index (χ4n) is 17.2. The second kappa shape index (κ2) is 29.4. The van der Waals surface area contributed by atoms with E-state index in [1.54, 1.807) is 71.8 Å². The molecule has 0 unspecified atom stereocenters. The molecule has 6 amide bonds. The highest BCUT2D eigenvalue weighted by molar-refractivity contribution is 6.41. The van der Waals surface area contributed by atoms with Crippen LogP contribution in [0, 0.1) is 12.3 Å². The summed E-state index contributed by atoms with van der Waals surface area (Å²) in [7, 11) is 4.44. The van der Waals surface area contributed by atoms with Gasteiger partial charge in [0, 0.05) is 122 Å². The number of aromatic nitrogens is 16. The van der Waals surface area contributed by atoms with Crippen molar-refractivity contribution in [1.82, 2.24) is 108 Å². The lowest BCUT2D eigenvalue weighted by atomic mass is 10.1. The number of carbonyl (C=O) groups is 7. The van der Waals surface area contributed by atoms with E-state index >= 15 is 0 Å². The van der Waals surface area contributed by atoms with E-state index in [1.165, 1.54) is 41.6 Å². The van der Waals surface area contributed by atoms with E-state index in [0.29, 0.717) is 135 Å². The van der Waals surface area contributed by atoms with Gasteiger partial charge in [-0.2, -0.15) is 0 Å². The summed E-state index contributed by atoms with van der Waals surface area (Å²) in [6.07, 6.45) is 11.4. The number of ether oxygens (including phenoxy) is 1. The summed E-state index contributed by atoms with van der Waals surface area (Å²) in [6, 6.07) is 24.1. The number of amides is 6. The Labute approximate surface area is 691 Å². The molecule has 4 aliphatic rings. The standard InChI is InChI=1S/C21H20ClN7O2.C21H19ClN6O3.C21H21N7O2.C21H18N6O/c1-9(2)28-13-7-25-21(31)29-12-6-10(20(30)24-3)4-5-11(12)16(22)17(29)14(13)15-18(23)26-8-27-19(15)28;1-9(2)27-13-7-24-21(30)28-12-6-10(20(29)31-3)4-5-11(12)16(22)17(28)14(13)15-18(23)25-8-26-19(15)27;1-10(2)27-15-8-24-21(30)28-13-7-12(20(29)23-3)5-4-11(13)6-14(28)16(15)17-18(22)25-9-26-19(17)27;1-4-12-5-6-13-8-15-17-16(9-23-21(28)27(15)14(13)7-12)26(11(2)3)20-18(17)19(22)24-10-25-20/h4-6,8-9H,7H2,1-3H3,(H,24,30)(H,25,31)(H2,23,26,27);4-6,8-9H,7H2,1-3H3,(H,24,30)(H2,23,25,26);4-7,9-10H,8H2,1-3H3,(H,23,29)(H,24,30)(H2,22,25,26);1,5-8,10-11H,9H2,2-3H3,(H,23,28)(H2,22,24,25). The minimum Gasteiger partial charge on any atom is -0.465 e. The maximum absolute atomic E-state index is 13.2. The molecule has 14 N–H and O–H groups in total. The predicted molar refractivity (Wildman–Crippen MR) is 460 cm³/mol. The number of benzene rings is 4. The van der Waals surface area contributed by atoms with Crippen LogP contribution in [0.4, 0.5) is 42.4 Å². The molecule has 34 nitrogen and oxygen atoms in total. The van der Waals surface area contributed by atoms with E-state index in [0.717, 1.165) is 89.1 Å². The monoisotopic (exact) mass is 1650 g/mol. The number of nitrogens with zero attached hydrogens (tertiary/aromatic N) is 16. The third-order valence-electron chi connectivity index (χ3n) is 22.1. The Bertz CT molecular complexity index is 7020.